The van der Waals surface area contributed by atoms with Crippen LogP contribution in [-0.4, -0.2) is 89.8 Å². The summed E-state index contributed by atoms with van der Waals surface area (Å²) in [6.45, 7) is 9.69. The molecule has 0 aliphatic carbocycles. The lowest BCUT2D eigenvalue weighted by molar-refractivity contribution is 0.0501. The predicted octanol–water partition coefficient (Wildman–Crippen LogP) is 3.19. The quantitative estimate of drug-likeness (QED) is 0.609. The largest absolute Gasteiger partial charge is 0.492 e. The van der Waals surface area contributed by atoms with Crippen LogP contribution in [0.15, 0.2) is 42.5 Å². The van der Waals surface area contributed by atoms with Crippen molar-refractivity contribution in [2.24, 2.45) is 0 Å². The van der Waals surface area contributed by atoms with Crippen LogP contribution >= 0.6 is 0 Å². The fourth-order valence-corrected chi connectivity index (χ4v) is 5.83. The second-order valence-electron chi connectivity index (χ2n) is 10.6. The molecule has 7 nitrogen and oxygen atoms in total. The van der Waals surface area contributed by atoms with Crippen molar-refractivity contribution in [3.63, 3.8) is 0 Å². The molecule has 0 radical (unpaired) electrons. The van der Waals surface area contributed by atoms with Gasteiger partial charge >= 0.3 is 0 Å². The molecule has 0 bridgehead atoms. The van der Waals surface area contributed by atoms with E-state index in [1.807, 2.05) is 12.1 Å². The molecule has 2 aromatic carbocycles. The molecule has 0 unspecified atom stereocenters. The van der Waals surface area contributed by atoms with Gasteiger partial charge in [-0.2, -0.15) is 0 Å². The van der Waals surface area contributed by atoms with Gasteiger partial charge in [0.05, 0.1) is 18.2 Å². The summed E-state index contributed by atoms with van der Waals surface area (Å²) >= 11 is 0. The number of hydrogen-bond donors (Lipinski definition) is 1. The van der Waals surface area contributed by atoms with Crippen molar-refractivity contribution in [3.05, 3.63) is 59.2 Å². The zero-order valence-electron chi connectivity index (χ0n) is 21.6. The molecular weight excluding hydrogens is 454 g/mol. The molecule has 7 heteroatoms. The average molecular weight is 494 g/mol. The first kappa shape index (κ1) is 25.1. The van der Waals surface area contributed by atoms with Gasteiger partial charge in [0.2, 0.25) is 0 Å². The molecule has 5 rings (SSSR count). The van der Waals surface area contributed by atoms with Crippen LogP contribution in [0.4, 0.5) is 0 Å². The third kappa shape index (κ3) is 5.69. The van der Waals surface area contributed by atoms with E-state index in [4.69, 9.17) is 9.47 Å². The highest BCUT2D eigenvalue weighted by molar-refractivity contribution is 5.97. The fraction of sp³-hybridized carbons (Fsp3) is 0.552. The smallest absolute Gasteiger partial charge is 0.257 e. The van der Waals surface area contributed by atoms with E-state index in [1.165, 1.54) is 17.5 Å². The van der Waals surface area contributed by atoms with Crippen molar-refractivity contribution in [2.75, 3.05) is 45.9 Å². The van der Waals surface area contributed by atoms with Gasteiger partial charge in [-0.05, 0) is 62.9 Å². The Morgan fingerprint density at radius 2 is 1.92 bits per heavy atom. The Balaban J connectivity index is 1.17. The number of likely N-dealkylation sites (tertiary alicyclic amines) is 1. The van der Waals surface area contributed by atoms with Crippen molar-refractivity contribution in [1.82, 2.24) is 14.7 Å². The van der Waals surface area contributed by atoms with Crippen molar-refractivity contribution < 1.29 is 19.4 Å². The Hall–Kier alpha value is -2.61. The SMILES string of the molecule is CC(C)N1CCC[C@H]1COc1ccc2c(c1)OCCN(C[C@H](O)CN1CCc3ccccc3C1)C2=O. The summed E-state index contributed by atoms with van der Waals surface area (Å²) in [5.74, 6) is 1.20. The molecule has 2 atom stereocenters. The Bertz CT molecular complexity index is 1060. The highest BCUT2D eigenvalue weighted by Gasteiger charge is 2.29. The van der Waals surface area contributed by atoms with Crippen LogP contribution in [0.2, 0.25) is 0 Å². The van der Waals surface area contributed by atoms with Crippen LogP contribution in [0, 0.1) is 0 Å². The number of carbonyl (C=O) groups excluding carboxylic acids is 1. The van der Waals surface area contributed by atoms with Gasteiger partial charge < -0.3 is 19.5 Å². The monoisotopic (exact) mass is 493 g/mol. The molecule has 0 saturated carbocycles. The van der Waals surface area contributed by atoms with Gasteiger partial charge in [0.1, 0.15) is 24.7 Å². The molecular formula is C29H39N3O4. The van der Waals surface area contributed by atoms with Gasteiger partial charge in [-0.1, -0.05) is 24.3 Å². The summed E-state index contributed by atoms with van der Waals surface area (Å²) in [6, 6.07) is 14.9. The first-order valence-corrected chi connectivity index (χ1v) is 13.4. The van der Waals surface area contributed by atoms with E-state index in [0.29, 0.717) is 56.2 Å². The van der Waals surface area contributed by atoms with E-state index in [9.17, 15) is 9.90 Å². The summed E-state index contributed by atoms with van der Waals surface area (Å²) in [6.07, 6.45) is 2.74. The van der Waals surface area contributed by atoms with E-state index < -0.39 is 6.10 Å². The number of β-amino-alcohol motifs (C(OH)–C–C–N with tert-alkyl or cyclic N) is 1. The molecule has 0 aromatic heterocycles. The van der Waals surface area contributed by atoms with Gasteiger partial charge in [-0.15, -0.1) is 0 Å². The van der Waals surface area contributed by atoms with E-state index in [-0.39, 0.29) is 5.91 Å². The Kier molecular flexibility index (Phi) is 7.79. The third-order valence-corrected chi connectivity index (χ3v) is 7.73. The van der Waals surface area contributed by atoms with E-state index in [1.54, 1.807) is 11.0 Å². The van der Waals surface area contributed by atoms with Crippen LogP contribution in [0.25, 0.3) is 0 Å². The molecule has 1 N–H and O–H groups in total. The van der Waals surface area contributed by atoms with Gasteiger partial charge in [-0.3, -0.25) is 14.6 Å². The minimum absolute atomic E-state index is 0.0983. The van der Waals surface area contributed by atoms with Crippen LogP contribution in [0.1, 0.15) is 48.2 Å². The number of aliphatic hydroxyl groups is 1. The van der Waals surface area contributed by atoms with Gasteiger partial charge in [0, 0.05) is 44.3 Å². The summed E-state index contributed by atoms with van der Waals surface area (Å²) in [7, 11) is 0. The average Bonchev–Trinajstić information content (AvgIpc) is 3.30. The zero-order chi connectivity index (χ0) is 25.1. The number of fused-ring (bicyclic) bond motifs is 2. The van der Waals surface area contributed by atoms with Crippen molar-refractivity contribution >= 4 is 5.91 Å². The maximum Gasteiger partial charge on any atom is 0.257 e. The normalized spacial score (nSPS) is 21.6. The lowest BCUT2D eigenvalue weighted by Crippen LogP contribution is -2.44. The number of aliphatic hydroxyl groups excluding tert-OH is 1. The number of benzene rings is 2. The number of amides is 1. The predicted molar refractivity (Wildman–Crippen MR) is 140 cm³/mol. The molecule has 0 spiro atoms. The minimum atomic E-state index is -0.612. The fourth-order valence-electron chi connectivity index (χ4n) is 5.83. The molecule has 36 heavy (non-hydrogen) atoms. The maximum absolute atomic E-state index is 13.3. The van der Waals surface area contributed by atoms with Gasteiger partial charge in [0.15, 0.2) is 0 Å². The van der Waals surface area contributed by atoms with E-state index >= 15 is 0 Å². The second-order valence-corrected chi connectivity index (χ2v) is 10.6. The highest BCUT2D eigenvalue weighted by Crippen LogP contribution is 2.29. The molecule has 3 aliphatic rings. The van der Waals surface area contributed by atoms with Crippen LogP contribution < -0.4 is 9.47 Å². The number of carbonyl (C=O) groups is 1. The number of rotatable bonds is 8. The summed E-state index contributed by atoms with van der Waals surface area (Å²) in [5, 5.41) is 10.8. The molecule has 3 aliphatic heterocycles. The molecule has 1 fully saturated rings. The standard InChI is InChI=1S/C29H39N3O4/c1-21(2)32-12-5-8-24(32)20-36-26-9-10-27-28(16-26)35-15-14-31(29(27)34)19-25(33)18-30-13-11-22-6-3-4-7-23(22)17-30/h3-4,6-7,9-10,16,21,24-25,33H,5,8,11-15,17-20H2,1-2H3/t24-,25+/m0/s1. The summed E-state index contributed by atoms with van der Waals surface area (Å²) in [5.41, 5.74) is 3.25. The molecule has 1 saturated heterocycles. The molecule has 194 valence electrons. The van der Waals surface area contributed by atoms with Crippen LogP contribution in [0.5, 0.6) is 11.5 Å². The summed E-state index contributed by atoms with van der Waals surface area (Å²) < 4.78 is 12.1. The van der Waals surface area contributed by atoms with Gasteiger partial charge in [-0.25, -0.2) is 0 Å². The lowest BCUT2D eigenvalue weighted by Gasteiger charge is -2.32. The van der Waals surface area contributed by atoms with Crippen molar-refractivity contribution in [3.8, 4) is 11.5 Å². The first-order chi connectivity index (χ1) is 17.5. The second kappa shape index (κ2) is 11.2. The topological polar surface area (TPSA) is 65.5 Å². The summed E-state index contributed by atoms with van der Waals surface area (Å²) in [4.78, 5) is 19.8. The van der Waals surface area contributed by atoms with E-state index in [2.05, 4.69) is 47.9 Å². The third-order valence-electron chi connectivity index (χ3n) is 7.73. The first-order valence-electron chi connectivity index (χ1n) is 13.4. The maximum atomic E-state index is 13.3. The van der Waals surface area contributed by atoms with Crippen LogP contribution in [0.3, 0.4) is 0 Å². The Labute approximate surface area is 214 Å². The zero-order valence-corrected chi connectivity index (χ0v) is 21.6. The molecule has 2 aromatic rings. The van der Waals surface area contributed by atoms with Crippen LogP contribution in [-0.2, 0) is 13.0 Å². The lowest BCUT2D eigenvalue weighted by atomic mass is 10.00. The number of ether oxygens (including phenoxy) is 2. The number of hydrogen-bond acceptors (Lipinski definition) is 6. The Morgan fingerprint density at radius 3 is 2.75 bits per heavy atom. The van der Waals surface area contributed by atoms with Crippen molar-refractivity contribution in [2.45, 2.75) is 57.8 Å². The minimum Gasteiger partial charge on any atom is -0.492 e. The number of nitrogens with zero attached hydrogens (tertiary/aromatic N) is 3. The molecule has 1 amide bonds. The molecule has 3 heterocycles. The van der Waals surface area contributed by atoms with Gasteiger partial charge in [0.25, 0.3) is 5.91 Å². The van der Waals surface area contributed by atoms with Crippen molar-refractivity contribution in [1.29, 1.82) is 0 Å². The highest BCUT2D eigenvalue weighted by atomic mass is 16.5. The van der Waals surface area contributed by atoms with E-state index in [0.717, 1.165) is 38.2 Å². The Morgan fingerprint density at radius 1 is 1.08 bits per heavy atom.